The Bertz CT molecular complexity index is 368. The lowest BCUT2D eigenvalue weighted by molar-refractivity contribution is -0.143. The summed E-state index contributed by atoms with van der Waals surface area (Å²) in [6.07, 6.45) is 14.0. The molecular weight excluding hydrogens is 248 g/mol. The van der Waals surface area contributed by atoms with Crippen molar-refractivity contribution in [2.45, 2.75) is 77.0 Å². The molecule has 3 atom stereocenters. The molecule has 0 spiro atoms. The molecule has 3 saturated carbocycles. The molecule has 0 aromatic heterocycles. The van der Waals surface area contributed by atoms with E-state index in [1.165, 1.54) is 38.5 Å². The maximum atomic E-state index is 12.5. The van der Waals surface area contributed by atoms with Crippen molar-refractivity contribution in [1.29, 1.82) is 0 Å². The van der Waals surface area contributed by atoms with Gasteiger partial charge < -0.3 is 0 Å². The first-order valence-corrected chi connectivity index (χ1v) is 8.83. The van der Waals surface area contributed by atoms with E-state index in [1.807, 2.05) is 0 Å². The molecule has 0 aliphatic heterocycles. The Morgan fingerprint density at radius 1 is 0.550 bits per heavy atom. The summed E-state index contributed by atoms with van der Waals surface area (Å²) in [5, 5.41) is 0. The van der Waals surface area contributed by atoms with Gasteiger partial charge in [0, 0.05) is 11.8 Å². The van der Waals surface area contributed by atoms with Crippen molar-refractivity contribution in [2.24, 2.45) is 23.7 Å². The summed E-state index contributed by atoms with van der Waals surface area (Å²) in [6.45, 7) is 0. The Kier molecular flexibility index (Phi) is 4.58. The van der Waals surface area contributed by atoms with Crippen LogP contribution in [0.25, 0.3) is 0 Å². The van der Waals surface area contributed by atoms with Gasteiger partial charge in [0.2, 0.25) is 11.6 Å². The van der Waals surface area contributed by atoms with Crippen molar-refractivity contribution in [3.05, 3.63) is 0 Å². The predicted molar refractivity (Wildman–Crippen MR) is 79.4 cm³/mol. The Morgan fingerprint density at radius 2 is 1.15 bits per heavy atom. The summed E-state index contributed by atoms with van der Waals surface area (Å²) in [5.74, 6) is 1.73. The number of carbonyl (C=O) groups is 2. The number of carbonyl (C=O) groups excluding carboxylic acids is 2. The molecule has 0 bridgehead atoms. The van der Waals surface area contributed by atoms with Crippen LogP contribution in [0.4, 0.5) is 0 Å². The minimum atomic E-state index is -0.0102. The molecular formula is C18H28O2. The molecule has 3 rings (SSSR count). The van der Waals surface area contributed by atoms with Crippen molar-refractivity contribution in [3.63, 3.8) is 0 Å². The third-order valence-electron chi connectivity index (χ3n) is 6.13. The van der Waals surface area contributed by atoms with Crippen molar-refractivity contribution < 1.29 is 9.59 Å². The molecule has 0 N–H and O–H groups in total. The van der Waals surface area contributed by atoms with Gasteiger partial charge in [-0.3, -0.25) is 9.59 Å². The molecule has 0 heterocycles. The fourth-order valence-electron chi connectivity index (χ4n) is 4.88. The van der Waals surface area contributed by atoms with Crippen LogP contribution < -0.4 is 0 Å². The highest BCUT2D eigenvalue weighted by molar-refractivity contribution is 6.38. The highest BCUT2D eigenvalue weighted by Crippen LogP contribution is 2.43. The van der Waals surface area contributed by atoms with Crippen molar-refractivity contribution in [3.8, 4) is 0 Å². The van der Waals surface area contributed by atoms with Gasteiger partial charge in [0.25, 0.3) is 0 Å². The standard InChI is InChI=1S/C18H28O2/c19-17(14-7-2-1-3-8-14)18(20)16-11-10-13-6-4-5-9-15(13)12-16/h13-16H,1-12H2. The highest BCUT2D eigenvalue weighted by Gasteiger charge is 2.38. The van der Waals surface area contributed by atoms with Gasteiger partial charge in [0.1, 0.15) is 0 Å². The van der Waals surface area contributed by atoms with E-state index in [0.29, 0.717) is 0 Å². The van der Waals surface area contributed by atoms with Gasteiger partial charge in [-0.2, -0.15) is 0 Å². The first kappa shape index (κ1) is 14.3. The van der Waals surface area contributed by atoms with Crippen LogP contribution in [-0.4, -0.2) is 11.6 Å². The summed E-state index contributed by atoms with van der Waals surface area (Å²) in [6, 6.07) is 0. The van der Waals surface area contributed by atoms with Gasteiger partial charge in [-0.05, 0) is 43.9 Å². The van der Waals surface area contributed by atoms with Crippen LogP contribution >= 0.6 is 0 Å². The van der Waals surface area contributed by atoms with Crippen LogP contribution in [0.3, 0.4) is 0 Å². The van der Waals surface area contributed by atoms with Crippen molar-refractivity contribution >= 4 is 11.6 Å². The number of Topliss-reactive ketones (excluding diaryl/α,β-unsaturated/α-hetero) is 2. The fourth-order valence-corrected chi connectivity index (χ4v) is 4.88. The largest absolute Gasteiger partial charge is 0.291 e. The Hall–Kier alpha value is -0.660. The molecule has 0 aromatic rings. The van der Waals surface area contributed by atoms with E-state index in [0.717, 1.165) is 50.4 Å². The van der Waals surface area contributed by atoms with Crippen LogP contribution in [0.2, 0.25) is 0 Å². The molecule has 112 valence electrons. The quantitative estimate of drug-likeness (QED) is 0.720. The summed E-state index contributed by atoms with van der Waals surface area (Å²) >= 11 is 0. The van der Waals surface area contributed by atoms with E-state index in [-0.39, 0.29) is 23.4 Å². The number of ketones is 2. The maximum absolute atomic E-state index is 12.5. The van der Waals surface area contributed by atoms with Gasteiger partial charge in [0.05, 0.1) is 0 Å². The lowest BCUT2D eigenvalue weighted by Gasteiger charge is -2.38. The van der Waals surface area contributed by atoms with E-state index >= 15 is 0 Å². The van der Waals surface area contributed by atoms with E-state index in [1.54, 1.807) is 0 Å². The molecule has 3 aliphatic carbocycles. The molecule has 0 aromatic carbocycles. The van der Waals surface area contributed by atoms with Crippen LogP contribution in [0.15, 0.2) is 0 Å². The monoisotopic (exact) mass is 276 g/mol. The molecule has 2 nitrogen and oxygen atoms in total. The normalized spacial score (nSPS) is 35.3. The minimum absolute atomic E-state index is 0.000855. The van der Waals surface area contributed by atoms with Gasteiger partial charge in [0.15, 0.2) is 0 Å². The maximum Gasteiger partial charge on any atom is 0.201 e. The first-order chi connectivity index (χ1) is 9.75. The summed E-state index contributed by atoms with van der Waals surface area (Å²) in [5.41, 5.74) is 0. The van der Waals surface area contributed by atoms with E-state index in [9.17, 15) is 9.59 Å². The molecule has 0 amide bonds. The van der Waals surface area contributed by atoms with Crippen LogP contribution in [0, 0.1) is 23.7 Å². The minimum Gasteiger partial charge on any atom is -0.291 e. The molecule has 3 unspecified atom stereocenters. The van der Waals surface area contributed by atoms with Gasteiger partial charge in [-0.1, -0.05) is 44.9 Å². The molecule has 3 aliphatic rings. The lowest BCUT2D eigenvalue weighted by atomic mass is 9.66. The second-order valence-corrected chi connectivity index (χ2v) is 7.38. The van der Waals surface area contributed by atoms with Gasteiger partial charge in [-0.25, -0.2) is 0 Å². The van der Waals surface area contributed by atoms with E-state index < -0.39 is 0 Å². The third-order valence-corrected chi connectivity index (χ3v) is 6.13. The highest BCUT2D eigenvalue weighted by atomic mass is 16.2. The number of hydrogen-bond donors (Lipinski definition) is 0. The summed E-state index contributed by atoms with van der Waals surface area (Å²) < 4.78 is 0. The number of rotatable bonds is 3. The zero-order valence-electron chi connectivity index (χ0n) is 12.6. The Balaban J connectivity index is 1.58. The van der Waals surface area contributed by atoms with Crippen LogP contribution in [0.5, 0.6) is 0 Å². The van der Waals surface area contributed by atoms with Crippen LogP contribution in [0.1, 0.15) is 77.0 Å². The van der Waals surface area contributed by atoms with E-state index in [2.05, 4.69) is 0 Å². The number of hydrogen-bond acceptors (Lipinski definition) is 2. The second-order valence-electron chi connectivity index (χ2n) is 7.38. The van der Waals surface area contributed by atoms with Crippen LogP contribution in [-0.2, 0) is 9.59 Å². The second kappa shape index (κ2) is 6.41. The average molecular weight is 276 g/mol. The van der Waals surface area contributed by atoms with Gasteiger partial charge >= 0.3 is 0 Å². The summed E-state index contributed by atoms with van der Waals surface area (Å²) in [4.78, 5) is 24.9. The molecule has 0 saturated heterocycles. The Labute approximate surface area is 122 Å². The van der Waals surface area contributed by atoms with E-state index in [4.69, 9.17) is 0 Å². The molecule has 20 heavy (non-hydrogen) atoms. The molecule has 2 heteroatoms. The fraction of sp³-hybridized carbons (Fsp3) is 0.889. The smallest absolute Gasteiger partial charge is 0.201 e. The zero-order chi connectivity index (χ0) is 13.9. The summed E-state index contributed by atoms with van der Waals surface area (Å²) in [7, 11) is 0. The van der Waals surface area contributed by atoms with Gasteiger partial charge in [-0.15, -0.1) is 0 Å². The van der Waals surface area contributed by atoms with Crippen molar-refractivity contribution in [2.75, 3.05) is 0 Å². The topological polar surface area (TPSA) is 34.1 Å². The lowest BCUT2D eigenvalue weighted by Crippen LogP contribution is -2.36. The average Bonchev–Trinajstić information content (AvgIpc) is 2.54. The van der Waals surface area contributed by atoms with Crippen molar-refractivity contribution in [1.82, 2.24) is 0 Å². The Morgan fingerprint density at radius 3 is 1.90 bits per heavy atom. The predicted octanol–water partition coefficient (Wildman–Crippen LogP) is 4.31. The molecule has 0 radical (unpaired) electrons. The third kappa shape index (κ3) is 2.99. The first-order valence-electron chi connectivity index (χ1n) is 8.83. The molecule has 3 fully saturated rings. The number of fused-ring (bicyclic) bond motifs is 1. The zero-order valence-corrected chi connectivity index (χ0v) is 12.6. The SMILES string of the molecule is O=C(C(=O)C1CCC2CCCCC2C1)C1CCCCC1.